The number of thioether (sulfide) groups is 1. The lowest BCUT2D eigenvalue weighted by molar-refractivity contribution is -0.144. The van der Waals surface area contributed by atoms with Gasteiger partial charge in [-0.15, -0.1) is 24.9 Å². The van der Waals surface area contributed by atoms with E-state index >= 15 is 0 Å². The first kappa shape index (κ1) is 31.7. The molecular formula is C31H51N3O4S. The molecule has 3 heterocycles. The van der Waals surface area contributed by atoms with E-state index in [-0.39, 0.29) is 35.5 Å². The molecule has 2 bridgehead atoms. The molecule has 0 aromatic rings. The van der Waals surface area contributed by atoms with Gasteiger partial charge in [0.05, 0.1) is 16.6 Å². The van der Waals surface area contributed by atoms with Crippen molar-refractivity contribution in [2.45, 2.75) is 94.6 Å². The summed E-state index contributed by atoms with van der Waals surface area (Å²) in [7, 11) is 0. The van der Waals surface area contributed by atoms with Gasteiger partial charge in [0, 0.05) is 44.6 Å². The summed E-state index contributed by atoms with van der Waals surface area (Å²) in [6, 6.07) is -0.559. The summed E-state index contributed by atoms with van der Waals surface area (Å²) in [4.78, 5) is 48.4. The number of hydrogen-bond donors (Lipinski definition) is 1. The number of carbonyl (C=O) groups is 3. The normalized spacial score (nSPS) is 29.0. The second-order valence-electron chi connectivity index (χ2n) is 11.6. The second-order valence-corrected chi connectivity index (χ2v) is 13.1. The third-order valence-corrected chi connectivity index (χ3v) is 11.0. The highest BCUT2D eigenvalue weighted by atomic mass is 32.2. The highest BCUT2D eigenvalue weighted by molar-refractivity contribution is 8.02. The molecule has 3 amide bonds. The number of aliphatic hydroxyl groups is 1. The molecule has 0 aromatic heterocycles. The topological polar surface area (TPSA) is 81.2 Å². The van der Waals surface area contributed by atoms with Crippen LogP contribution in [0.15, 0.2) is 25.3 Å². The Morgan fingerprint density at radius 1 is 1.00 bits per heavy atom. The molecule has 0 saturated carbocycles. The van der Waals surface area contributed by atoms with Crippen molar-refractivity contribution in [1.29, 1.82) is 0 Å². The van der Waals surface area contributed by atoms with Crippen LogP contribution in [-0.2, 0) is 14.4 Å². The molecule has 0 aliphatic carbocycles. The molecule has 39 heavy (non-hydrogen) atoms. The predicted octanol–water partition coefficient (Wildman–Crippen LogP) is 4.51. The average Bonchev–Trinajstić information content (AvgIpc) is 3.51. The Labute approximate surface area is 240 Å². The van der Waals surface area contributed by atoms with Crippen LogP contribution in [0, 0.1) is 17.8 Å². The van der Waals surface area contributed by atoms with Crippen molar-refractivity contribution in [2.24, 2.45) is 17.8 Å². The van der Waals surface area contributed by atoms with E-state index in [1.807, 2.05) is 14.7 Å². The largest absolute Gasteiger partial charge is 0.396 e. The van der Waals surface area contributed by atoms with Crippen LogP contribution < -0.4 is 0 Å². The van der Waals surface area contributed by atoms with Crippen molar-refractivity contribution < 1.29 is 19.5 Å². The van der Waals surface area contributed by atoms with Gasteiger partial charge < -0.3 is 19.8 Å². The van der Waals surface area contributed by atoms with Gasteiger partial charge in [0.1, 0.15) is 6.04 Å². The highest BCUT2D eigenvalue weighted by Crippen LogP contribution is 2.68. The summed E-state index contributed by atoms with van der Waals surface area (Å²) in [5.74, 6) is -0.657. The van der Waals surface area contributed by atoms with Crippen LogP contribution in [-0.4, -0.2) is 92.9 Å². The fourth-order valence-corrected chi connectivity index (χ4v) is 9.58. The molecule has 7 nitrogen and oxygen atoms in total. The molecule has 3 aliphatic rings. The van der Waals surface area contributed by atoms with Gasteiger partial charge in [0.2, 0.25) is 17.7 Å². The first-order valence-electron chi connectivity index (χ1n) is 15.2. The second kappa shape index (κ2) is 14.7. The molecule has 6 atom stereocenters. The zero-order chi connectivity index (χ0) is 28.6. The SMILES string of the molecule is C=CCN(CCCCC)C(=O)C1N(CCCCCCO)C(=O)[C@@H]2[C@H](C(=O)N(CC=C)CCC)[C@@H]3CC(C)C12S3. The maximum absolute atomic E-state index is 14.4. The Morgan fingerprint density at radius 3 is 2.28 bits per heavy atom. The standard InChI is InChI=1S/C31H51N3O4S/c1-6-10-13-19-33(18-9-4)30(38)27-31-23(5)22-24(39-31)25(28(36)32(16-7-2)17-8-3)26(31)29(37)34(27)20-14-11-12-15-21-35/h7,9,23-27,35H,2,4,6,8,10-22H2,1,3,5H3/t23?,24-,25+,26-,27?,31?/m0/s1. The van der Waals surface area contributed by atoms with Gasteiger partial charge in [0.15, 0.2) is 0 Å². The number of rotatable bonds is 18. The van der Waals surface area contributed by atoms with Gasteiger partial charge in [-0.2, -0.15) is 0 Å². The van der Waals surface area contributed by atoms with Crippen LogP contribution in [0.25, 0.3) is 0 Å². The number of likely N-dealkylation sites (tertiary alicyclic amines) is 1. The molecule has 220 valence electrons. The Kier molecular flexibility index (Phi) is 12.0. The molecule has 3 fully saturated rings. The van der Waals surface area contributed by atoms with Crippen LogP contribution in [0.3, 0.4) is 0 Å². The number of carbonyl (C=O) groups excluding carboxylic acids is 3. The molecule has 3 saturated heterocycles. The van der Waals surface area contributed by atoms with E-state index in [1.165, 1.54) is 0 Å². The summed E-state index contributed by atoms with van der Waals surface area (Å²) in [5, 5.41) is 9.23. The molecule has 8 heteroatoms. The van der Waals surface area contributed by atoms with Crippen molar-refractivity contribution in [2.75, 3.05) is 39.3 Å². The first-order valence-corrected chi connectivity index (χ1v) is 16.1. The van der Waals surface area contributed by atoms with E-state index in [1.54, 1.807) is 23.9 Å². The molecule has 0 aromatic carbocycles. The van der Waals surface area contributed by atoms with Gasteiger partial charge in [-0.05, 0) is 38.0 Å². The molecule has 1 spiro atoms. The van der Waals surface area contributed by atoms with Crippen molar-refractivity contribution in [1.82, 2.24) is 14.7 Å². The number of nitrogens with zero attached hydrogens (tertiary/aromatic N) is 3. The van der Waals surface area contributed by atoms with E-state index in [9.17, 15) is 19.5 Å². The predicted molar refractivity (Wildman–Crippen MR) is 159 cm³/mol. The smallest absolute Gasteiger partial charge is 0.247 e. The maximum atomic E-state index is 14.4. The van der Waals surface area contributed by atoms with E-state index in [2.05, 4.69) is 33.9 Å². The minimum Gasteiger partial charge on any atom is -0.396 e. The Hall–Kier alpha value is -1.80. The van der Waals surface area contributed by atoms with E-state index in [4.69, 9.17) is 0 Å². The van der Waals surface area contributed by atoms with Crippen molar-refractivity contribution in [3.8, 4) is 0 Å². The van der Waals surface area contributed by atoms with Gasteiger partial charge in [-0.3, -0.25) is 14.4 Å². The molecule has 3 unspecified atom stereocenters. The van der Waals surface area contributed by atoms with Crippen molar-refractivity contribution >= 4 is 29.5 Å². The van der Waals surface area contributed by atoms with E-state index in [0.29, 0.717) is 32.7 Å². The van der Waals surface area contributed by atoms with Crippen molar-refractivity contribution in [3.05, 3.63) is 25.3 Å². The van der Waals surface area contributed by atoms with E-state index < -0.39 is 22.6 Å². The maximum Gasteiger partial charge on any atom is 0.247 e. The van der Waals surface area contributed by atoms with Crippen molar-refractivity contribution in [3.63, 3.8) is 0 Å². The Morgan fingerprint density at radius 2 is 1.67 bits per heavy atom. The summed E-state index contributed by atoms with van der Waals surface area (Å²) in [5.41, 5.74) is 0. The van der Waals surface area contributed by atoms with Gasteiger partial charge in [-0.1, -0.05) is 58.6 Å². The zero-order valence-electron chi connectivity index (χ0n) is 24.5. The first-order chi connectivity index (χ1) is 18.8. The molecular weight excluding hydrogens is 510 g/mol. The lowest BCUT2D eigenvalue weighted by Gasteiger charge is -2.41. The molecule has 3 rings (SSSR count). The molecule has 3 aliphatic heterocycles. The molecule has 0 radical (unpaired) electrons. The van der Waals surface area contributed by atoms with Gasteiger partial charge >= 0.3 is 0 Å². The number of fused-ring (bicyclic) bond motifs is 1. The summed E-state index contributed by atoms with van der Waals surface area (Å²) in [6.45, 7) is 17.1. The number of hydrogen-bond acceptors (Lipinski definition) is 5. The lowest BCUT2D eigenvalue weighted by Crippen LogP contribution is -2.57. The number of unbranched alkanes of at least 4 members (excludes halogenated alkanes) is 5. The average molecular weight is 562 g/mol. The monoisotopic (exact) mass is 561 g/mol. The van der Waals surface area contributed by atoms with Crippen LogP contribution in [0.1, 0.15) is 78.6 Å². The zero-order valence-corrected chi connectivity index (χ0v) is 25.3. The van der Waals surface area contributed by atoms with E-state index in [0.717, 1.165) is 57.8 Å². The summed E-state index contributed by atoms with van der Waals surface area (Å²) >= 11 is 1.76. The Balaban J connectivity index is 1.99. The number of amides is 3. The summed E-state index contributed by atoms with van der Waals surface area (Å²) < 4.78 is -0.583. The lowest BCUT2D eigenvalue weighted by atomic mass is 9.65. The van der Waals surface area contributed by atoms with Crippen LogP contribution >= 0.6 is 11.8 Å². The fourth-order valence-electron chi connectivity index (χ4n) is 7.17. The minimum absolute atomic E-state index is 0.0156. The quantitative estimate of drug-likeness (QED) is 0.197. The van der Waals surface area contributed by atoms with Crippen LogP contribution in [0.4, 0.5) is 0 Å². The Bertz CT molecular complexity index is 882. The summed E-state index contributed by atoms with van der Waals surface area (Å²) in [6.07, 6.45) is 11.6. The molecule has 1 N–H and O–H groups in total. The van der Waals surface area contributed by atoms with Crippen LogP contribution in [0.2, 0.25) is 0 Å². The van der Waals surface area contributed by atoms with Crippen LogP contribution in [0.5, 0.6) is 0 Å². The fraction of sp³-hybridized carbons (Fsp3) is 0.774. The van der Waals surface area contributed by atoms with Gasteiger partial charge in [-0.25, -0.2) is 0 Å². The third kappa shape index (κ3) is 6.27. The van der Waals surface area contributed by atoms with Gasteiger partial charge in [0.25, 0.3) is 0 Å². The number of aliphatic hydroxyl groups excluding tert-OH is 1. The highest BCUT2D eigenvalue weighted by Gasteiger charge is 2.76. The third-order valence-electron chi connectivity index (χ3n) is 8.92. The minimum atomic E-state index is -0.583.